The summed E-state index contributed by atoms with van der Waals surface area (Å²) in [5, 5.41) is 8.73. The van der Waals surface area contributed by atoms with Crippen molar-refractivity contribution in [3.63, 3.8) is 0 Å². The maximum absolute atomic E-state index is 4.68. The number of hydrogen-bond acceptors (Lipinski definition) is 3. The summed E-state index contributed by atoms with van der Waals surface area (Å²) in [6.45, 7) is 0. The molecule has 102 valence electrons. The minimum Gasteiger partial charge on any atom is -0.236 e. The van der Waals surface area contributed by atoms with Crippen LogP contribution in [0, 0.1) is 0 Å². The highest BCUT2D eigenvalue weighted by atomic mass is 32.1. The largest absolute Gasteiger partial charge is 0.236 e. The third kappa shape index (κ3) is 2.04. The van der Waals surface area contributed by atoms with Crippen molar-refractivity contribution < 1.29 is 0 Å². The smallest absolute Gasteiger partial charge is 0.162 e. The molecule has 1 fully saturated rings. The summed E-state index contributed by atoms with van der Waals surface area (Å²) < 4.78 is 1.94. The predicted molar refractivity (Wildman–Crippen MR) is 82.1 cm³/mol. The van der Waals surface area contributed by atoms with Gasteiger partial charge < -0.3 is 0 Å². The van der Waals surface area contributed by atoms with Crippen molar-refractivity contribution in [3.8, 4) is 11.1 Å². The molecule has 3 heterocycles. The molecule has 0 amide bonds. The predicted octanol–water partition coefficient (Wildman–Crippen LogP) is 4.51. The van der Waals surface area contributed by atoms with Crippen molar-refractivity contribution in [2.24, 2.45) is 0 Å². The van der Waals surface area contributed by atoms with Crippen LogP contribution in [0.15, 0.2) is 35.4 Å². The number of hydrogen-bond donors (Lipinski definition) is 0. The zero-order valence-electron chi connectivity index (χ0n) is 11.3. The molecule has 4 heteroatoms. The normalized spacial score (nSPS) is 16.8. The van der Waals surface area contributed by atoms with Gasteiger partial charge in [0.25, 0.3) is 0 Å². The monoisotopic (exact) mass is 283 g/mol. The summed E-state index contributed by atoms with van der Waals surface area (Å²) >= 11 is 1.71. The van der Waals surface area contributed by atoms with Gasteiger partial charge in [0.15, 0.2) is 5.65 Å². The summed E-state index contributed by atoms with van der Waals surface area (Å²) in [7, 11) is 0. The van der Waals surface area contributed by atoms with Crippen LogP contribution < -0.4 is 0 Å². The van der Waals surface area contributed by atoms with Crippen LogP contribution in [0.25, 0.3) is 16.8 Å². The molecule has 0 radical (unpaired) electrons. The lowest BCUT2D eigenvalue weighted by atomic mass is 9.85. The van der Waals surface area contributed by atoms with Crippen LogP contribution >= 0.6 is 11.3 Å². The molecule has 1 saturated carbocycles. The van der Waals surface area contributed by atoms with Crippen molar-refractivity contribution in [3.05, 3.63) is 41.0 Å². The van der Waals surface area contributed by atoms with E-state index in [1.54, 1.807) is 11.3 Å². The van der Waals surface area contributed by atoms with Crippen molar-refractivity contribution in [2.45, 2.75) is 38.0 Å². The fourth-order valence-electron chi connectivity index (χ4n) is 3.16. The Labute approximate surface area is 122 Å². The van der Waals surface area contributed by atoms with E-state index in [2.05, 4.69) is 39.3 Å². The molecule has 1 aliphatic rings. The molecule has 0 N–H and O–H groups in total. The first-order valence-corrected chi connectivity index (χ1v) is 8.22. The van der Waals surface area contributed by atoms with E-state index in [0.29, 0.717) is 5.92 Å². The van der Waals surface area contributed by atoms with Crippen molar-refractivity contribution in [2.75, 3.05) is 0 Å². The van der Waals surface area contributed by atoms with E-state index in [-0.39, 0.29) is 0 Å². The summed E-state index contributed by atoms with van der Waals surface area (Å²) in [4.78, 5) is 4.68. The second kappa shape index (κ2) is 5.02. The first kappa shape index (κ1) is 12.1. The number of thiophene rings is 1. The maximum Gasteiger partial charge on any atom is 0.162 e. The molecule has 0 saturated heterocycles. The van der Waals surface area contributed by atoms with E-state index in [1.165, 1.54) is 43.2 Å². The van der Waals surface area contributed by atoms with Gasteiger partial charge in [-0.2, -0.15) is 16.4 Å². The van der Waals surface area contributed by atoms with Crippen LogP contribution in [0.1, 0.15) is 43.6 Å². The fraction of sp³-hybridized carbons (Fsp3) is 0.375. The standard InChI is InChI=1S/C16H17N3S/c1-2-4-12(5-3-1)14-8-17-16-15(9-18-19(16)10-14)13-6-7-20-11-13/h6-12H,1-5H2. The third-order valence-corrected chi connectivity index (χ3v) is 4.97. The summed E-state index contributed by atoms with van der Waals surface area (Å²) in [5.74, 6) is 0.675. The minimum atomic E-state index is 0.675. The molecule has 0 aromatic carbocycles. The molecular weight excluding hydrogens is 266 g/mol. The highest BCUT2D eigenvalue weighted by Crippen LogP contribution is 2.33. The van der Waals surface area contributed by atoms with Crippen molar-refractivity contribution in [1.29, 1.82) is 0 Å². The van der Waals surface area contributed by atoms with Gasteiger partial charge in [0.1, 0.15) is 0 Å². The molecule has 0 atom stereocenters. The van der Waals surface area contributed by atoms with Crippen LogP contribution in [0.5, 0.6) is 0 Å². The van der Waals surface area contributed by atoms with E-state index in [1.807, 2.05) is 10.7 Å². The highest BCUT2D eigenvalue weighted by Gasteiger charge is 2.17. The van der Waals surface area contributed by atoms with E-state index in [0.717, 1.165) is 11.2 Å². The molecule has 0 unspecified atom stereocenters. The van der Waals surface area contributed by atoms with Crippen LogP contribution in [0.2, 0.25) is 0 Å². The first-order valence-electron chi connectivity index (χ1n) is 7.28. The van der Waals surface area contributed by atoms with Gasteiger partial charge in [-0.15, -0.1) is 0 Å². The Balaban J connectivity index is 1.74. The lowest BCUT2D eigenvalue weighted by Crippen LogP contribution is -2.06. The molecule has 1 aliphatic carbocycles. The molecule has 0 bridgehead atoms. The van der Waals surface area contributed by atoms with Gasteiger partial charge in [-0.25, -0.2) is 9.50 Å². The highest BCUT2D eigenvalue weighted by molar-refractivity contribution is 7.08. The average Bonchev–Trinajstić information content (AvgIpc) is 3.16. The van der Waals surface area contributed by atoms with Gasteiger partial charge in [0.2, 0.25) is 0 Å². The summed E-state index contributed by atoms with van der Waals surface area (Å²) in [6, 6.07) is 2.12. The molecule has 20 heavy (non-hydrogen) atoms. The Morgan fingerprint density at radius 3 is 2.85 bits per heavy atom. The molecule has 0 aliphatic heterocycles. The Hall–Kier alpha value is -1.68. The SMILES string of the molecule is c1cc(-c2cnn3cc(C4CCCCC4)cnc23)cs1. The molecule has 0 spiro atoms. The van der Waals surface area contributed by atoms with Gasteiger partial charge in [-0.05, 0) is 46.7 Å². The molecule has 3 aromatic rings. The number of fused-ring (bicyclic) bond motifs is 1. The van der Waals surface area contributed by atoms with E-state index in [9.17, 15) is 0 Å². The Morgan fingerprint density at radius 2 is 2.05 bits per heavy atom. The number of nitrogens with zero attached hydrogens (tertiary/aromatic N) is 3. The van der Waals surface area contributed by atoms with Gasteiger partial charge in [-0.1, -0.05) is 19.3 Å². The minimum absolute atomic E-state index is 0.675. The quantitative estimate of drug-likeness (QED) is 0.693. The third-order valence-electron chi connectivity index (χ3n) is 4.29. The zero-order chi connectivity index (χ0) is 13.4. The topological polar surface area (TPSA) is 30.2 Å². The van der Waals surface area contributed by atoms with Gasteiger partial charge in [0.05, 0.1) is 6.20 Å². The molecule has 3 nitrogen and oxygen atoms in total. The molecule has 3 aromatic heterocycles. The van der Waals surface area contributed by atoms with Crippen molar-refractivity contribution in [1.82, 2.24) is 14.6 Å². The summed E-state index contributed by atoms with van der Waals surface area (Å²) in [5.41, 5.74) is 4.64. The van der Waals surface area contributed by atoms with Gasteiger partial charge in [-0.3, -0.25) is 0 Å². The lowest BCUT2D eigenvalue weighted by Gasteiger charge is -2.21. The van der Waals surface area contributed by atoms with E-state index >= 15 is 0 Å². The Bertz CT molecular complexity index is 708. The number of aromatic nitrogens is 3. The second-order valence-corrected chi connectivity index (χ2v) is 6.34. The lowest BCUT2D eigenvalue weighted by molar-refractivity contribution is 0.441. The van der Waals surface area contributed by atoms with Crippen LogP contribution in [0.3, 0.4) is 0 Å². The maximum atomic E-state index is 4.68. The zero-order valence-corrected chi connectivity index (χ0v) is 12.1. The Morgan fingerprint density at radius 1 is 1.15 bits per heavy atom. The van der Waals surface area contributed by atoms with Crippen LogP contribution in [-0.2, 0) is 0 Å². The van der Waals surface area contributed by atoms with E-state index < -0.39 is 0 Å². The van der Waals surface area contributed by atoms with E-state index in [4.69, 9.17) is 0 Å². The van der Waals surface area contributed by atoms with Gasteiger partial charge >= 0.3 is 0 Å². The fourth-order valence-corrected chi connectivity index (χ4v) is 3.81. The first-order chi connectivity index (χ1) is 9.92. The summed E-state index contributed by atoms with van der Waals surface area (Å²) in [6.07, 6.45) is 12.8. The van der Waals surface area contributed by atoms with Gasteiger partial charge in [0, 0.05) is 18.0 Å². The van der Waals surface area contributed by atoms with Crippen LogP contribution in [-0.4, -0.2) is 14.6 Å². The number of rotatable bonds is 2. The van der Waals surface area contributed by atoms with Crippen LogP contribution in [0.4, 0.5) is 0 Å². The second-order valence-electron chi connectivity index (χ2n) is 5.56. The Kier molecular flexibility index (Phi) is 3.03. The van der Waals surface area contributed by atoms with Crippen molar-refractivity contribution >= 4 is 17.0 Å². The average molecular weight is 283 g/mol. The molecular formula is C16H17N3S. The molecule has 4 rings (SSSR count).